The molecular formula is C13H26N4. The Balaban J connectivity index is 1.68. The molecule has 98 valence electrons. The second-order valence-electron chi connectivity index (χ2n) is 5.68. The van der Waals surface area contributed by atoms with Crippen molar-refractivity contribution < 1.29 is 0 Å². The van der Waals surface area contributed by atoms with Gasteiger partial charge in [0.1, 0.15) is 0 Å². The molecule has 4 nitrogen and oxygen atoms in total. The van der Waals surface area contributed by atoms with E-state index >= 15 is 0 Å². The average molecular weight is 238 g/mol. The highest BCUT2D eigenvalue weighted by molar-refractivity contribution is 5.81. The van der Waals surface area contributed by atoms with Crippen molar-refractivity contribution in [3.05, 3.63) is 0 Å². The Morgan fingerprint density at radius 3 is 2.71 bits per heavy atom. The lowest BCUT2D eigenvalue weighted by molar-refractivity contribution is 0.147. The van der Waals surface area contributed by atoms with Crippen LogP contribution in [0.5, 0.6) is 0 Å². The quantitative estimate of drug-likeness (QED) is 0.772. The number of aliphatic imine (C=N–C) groups is 1. The Bertz CT molecular complexity index is 269. The van der Waals surface area contributed by atoms with Crippen LogP contribution in [0.3, 0.4) is 0 Å². The summed E-state index contributed by atoms with van der Waals surface area (Å²) in [7, 11) is 0. The topological polar surface area (TPSA) is 39.7 Å². The fraction of sp³-hybridized carbons (Fsp3) is 0.923. The molecule has 2 aliphatic heterocycles. The van der Waals surface area contributed by atoms with E-state index < -0.39 is 0 Å². The molecule has 1 saturated heterocycles. The highest BCUT2D eigenvalue weighted by Crippen LogP contribution is 2.17. The van der Waals surface area contributed by atoms with E-state index in [1.54, 1.807) is 0 Å². The minimum Gasteiger partial charge on any atom is -0.355 e. The van der Waals surface area contributed by atoms with Gasteiger partial charge in [-0.1, -0.05) is 6.92 Å². The molecular weight excluding hydrogens is 212 g/mol. The molecule has 0 spiro atoms. The van der Waals surface area contributed by atoms with Crippen LogP contribution in [0.4, 0.5) is 0 Å². The van der Waals surface area contributed by atoms with Crippen LogP contribution in [0, 0.1) is 5.92 Å². The highest BCUT2D eigenvalue weighted by Gasteiger charge is 2.21. The van der Waals surface area contributed by atoms with Crippen molar-refractivity contribution in [2.75, 3.05) is 26.2 Å². The van der Waals surface area contributed by atoms with Crippen LogP contribution in [0.2, 0.25) is 0 Å². The normalized spacial score (nSPS) is 28.6. The fourth-order valence-electron chi connectivity index (χ4n) is 2.50. The summed E-state index contributed by atoms with van der Waals surface area (Å²) in [5.74, 6) is 1.89. The Morgan fingerprint density at radius 2 is 2.12 bits per heavy atom. The first-order chi connectivity index (χ1) is 8.15. The largest absolute Gasteiger partial charge is 0.355 e. The molecule has 2 atom stereocenters. The zero-order valence-electron chi connectivity index (χ0n) is 11.4. The van der Waals surface area contributed by atoms with Crippen molar-refractivity contribution in [3.8, 4) is 0 Å². The first kappa shape index (κ1) is 12.7. The van der Waals surface area contributed by atoms with Gasteiger partial charge in [-0.25, -0.2) is 0 Å². The van der Waals surface area contributed by atoms with Gasteiger partial charge in [0.25, 0.3) is 0 Å². The summed E-state index contributed by atoms with van der Waals surface area (Å²) < 4.78 is 0. The van der Waals surface area contributed by atoms with Crippen LogP contribution in [0.25, 0.3) is 0 Å². The predicted octanol–water partition coefficient (Wildman–Crippen LogP) is 1.04. The van der Waals surface area contributed by atoms with Gasteiger partial charge in [-0.15, -0.1) is 0 Å². The van der Waals surface area contributed by atoms with Gasteiger partial charge in [0, 0.05) is 18.6 Å². The molecule has 0 saturated carbocycles. The first-order valence-electron chi connectivity index (χ1n) is 6.94. The molecule has 0 aromatic rings. The van der Waals surface area contributed by atoms with E-state index in [1.165, 1.54) is 25.9 Å². The molecule has 17 heavy (non-hydrogen) atoms. The molecule has 0 aromatic heterocycles. The lowest BCUT2D eigenvalue weighted by Gasteiger charge is -2.35. The first-order valence-corrected chi connectivity index (χ1v) is 6.94. The molecule has 2 N–H and O–H groups in total. The number of guanidine groups is 1. The maximum Gasteiger partial charge on any atom is 0.191 e. The van der Waals surface area contributed by atoms with Crippen LogP contribution < -0.4 is 10.6 Å². The van der Waals surface area contributed by atoms with Crippen LogP contribution in [0.1, 0.15) is 33.6 Å². The molecule has 0 aliphatic carbocycles. The molecule has 0 radical (unpaired) electrons. The van der Waals surface area contributed by atoms with Gasteiger partial charge in [0.05, 0.1) is 6.54 Å². The second kappa shape index (κ2) is 5.71. The third-order valence-corrected chi connectivity index (χ3v) is 3.91. The summed E-state index contributed by atoms with van der Waals surface area (Å²) in [5.41, 5.74) is 0. The van der Waals surface area contributed by atoms with Crippen LogP contribution in [-0.2, 0) is 0 Å². The summed E-state index contributed by atoms with van der Waals surface area (Å²) in [6.07, 6.45) is 2.70. The minimum absolute atomic E-state index is 0.489. The highest BCUT2D eigenvalue weighted by atomic mass is 15.3. The third kappa shape index (κ3) is 3.60. The van der Waals surface area contributed by atoms with Crippen molar-refractivity contribution in [2.24, 2.45) is 10.9 Å². The summed E-state index contributed by atoms with van der Waals surface area (Å²) in [6.45, 7) is 11.2. The van der Waals surface area contributed by atoms with Gasteiger partial charge in [-0.2, -0.15) is 0 Å². The number of piperidine rings is 1. The van der Waals surface area contributed by atoms with E-state index in [1.807, 2.05) is 0 Å². The molecule has 0 bridgehead atoms. The van der Waals surface area contributed by atoms with Crippen molar-refractivity contribution in [1.29, 1.82) is 0 Å². The van der Waals surface area contributed by atoms with Crippen LogP contribution in [0.15, 0.2) is 4.99 Å². The SMILES string of the molecule is CC1CCN(C(C)CNC2=NCC(C)N2)CC1. The fourth-order valence-corrected chi connectivity index (χ4v) is 2.50. The number of hydrogen-bond donors (Lipinski definition) is 2. The Morgan fingerprint density at radius 1 is 1.41 bits per heavy atom. The standard InChI is InChI=1S/C13H26N4/c1-10-4-6-17(7-5-10)12(3)9-15-13-14-8-11(2)16-13/h10-12H,4-9H2,1-3H3,(H2,14,15,16). The monoisotopic (exact) mass is 238 g/mol. The van der Waals surface area contributed by atoms with Crippen LogP contribution >= 0.6 is 0 Å². The van der Waals surface area contributed by atoms with Gasteiger partial charge in [0.15, 0.2) is 5.96 Å². The summed E-state index contributed by atoms with van der Waals surface area (Å²) in [6, 6.07) is 1.09. The molecule has 1 fully saturated rings. The van der Waals surface area contributed by atoms with E-state index in [-0.39, 0.29) is 0 Å². The number of rotatable bonds is 3. The second-order valence-corrected chi connectivity index (χ2v) is 5.68. The zero-order chi connectivity index (χ0) is 12.3. The predicted molar refractivity (Wildman–Crippen MR) is 72.3 cm³/mol. The van der Waals surface area contributed by atoms with Gasteiger partial charge in [-0.3, -0.25) is 9.89 Å². The van der Waals surface area contributed by atoms with E-state index in [0.717, 1.165) is 25.0 Å². The van der Waals surface area contributed by atoms with E-state index in [0.29, 0.717) is 12.1 Å². The average Bonchev–Trinajstić information content (AvgIpc) is 2.73. The molecule has 2 heterocycles. The Kier molecular flexibility index (Phi) is 4.26. The molecule has 0 aromatic carbocycles. The van der Waals surface area contributed by atoms with E-state index in [4.69, 9.17) is 0 Å². The number of likely N-dealkylation sites (tertiary alicyclic amines) is 1. The number of nitrogens with one attached hydrogen (secondary N) is 2. The zero-order valence-corrected chi connectivity index (χ0v) is 11.4. The molecule has 2 unspecified atom stereocenters. The minimum atomic E-state index is 0.489. The van der Waals surface area contributed by atoms with Crippen molar-refractivity contribution in [3.63, 3.8) is 0 Å². The lowest BCUT2D eigenvalue weighted by Crippen LogP contribution is -2.47. The van der Waals surface area contributed by atoms with Crippen LogP contribution in [-0.4, -0.2) is 49.1 Å². The van der Waals surface area contributed by atoms with Crippen molar-refractivity contribution in [2.45, 2.75) is 45.7 Å². The van der Waals surface area contributed by atoms with Gasteiger partial charge in [-0.05, 0) is 45.7 Å². The van der Waals surface area contributed by atoms with Gasteiger partial charge < -0.3 is 10.6 Å². The third-order valence-electron chi connectivity index (χ3n) is 3.91. The number of nitrogens with zero attached hydrogens (tertiary/aromatic N) is 2. The lowest BCUT2D eigenvalue weighted by atomic mass is 9.98. The molecule has 4 heteroatoms. The molecule has 2 aliphatic rings. The summed E-state index contributed by atoms with van der Waals surface area (Å²) >= 11 is 0. The van der Waals surface area contributed by atoms with Gasteiger partial charge >= 0.3 is 0 Å². The van der Waals surface area contributed by atoms with Gasteiger partial charge in [0.2, 0.25) is 0 Å². The Hall–Kier alpha value is -0.770. The maximum absolute atomic E-state index is 4.42. The van der Waals surface area contributed by atoms with E-state index in [9.17, 15) is 0 Å². The molecule has 0 amide bonds. The summed E-state index contributed by atoms with van der Waals surface area (Å²) in [5, 5.41) is 6.76. The Labute approximate surface area is 105 Å². The maximum atomic E-state index is 4.42. The smallest absolute Gasteiger partial charge is 0.191 e. The van der Waals surface area contributed by atoms with E-state index in [2.05, 4.69) is 41.3 Å². The molecule has 2 rings (SSSR count). The number of hydrogen-bond acceptors (Lipinski definition) is 4. The summed E-state index contributed by atoms with van der Waals surface area (Å²) in [4.78, 5) is 7.01. The van der Waals surface area contributed by atoms with Crippen molar-refractivity contribution >= 4 is 5.96 Å². The van der Waals surface area contributed by atoms with Crippen molar-refractivity contribution in [1.82, 2.24) is 15.5 Å².